The number of unbranched alkanes of at least 4 members (excludes halogenated alkanes) is 9. The normalized spacial score (nSPS) is 15.1. The van der Waals surface area contributed by atoms with Crippen LogP contribution in [-0.4, -0.2) is 43.3 Å². The molecule has 1 saturated heterocycles. The van der Waals surface area contributed by atoms with E-state index < -0.39 is 0 Å². The maximum Gasteiger partial charge on any atom is 0.409 e. The molecule has 1 heterocycles. The third kappa shape index (κ3) is 10.0. The Morgan fingerprint density at radius 3 is 1.88 bits per heavy atom. The van der Waals surface area contributed by atoms with E-state index in [-0.39, 0.29) is 18.0 Å². The highest BCUT2D eigenvalue weighted by atomic mass is 16.6. The lowest BCUT2D eigenvalue weighted by Gasteiger charge is -2.30. The number of carbonyl (C=O) groups is 2. The zero-order chi connectivity index (χ0) is 19.0. The van der Waals surface area contributed by atoms with Crippen LogP contribution in [0.3, 0.4) is 0 Å². The zero-order valence-electron chi connectivity index (χ0n) is 17.0. The lowest BCUT2D eigenvalue weighted by molar-refractivity contribution is -0.150. The predicted molar refractivity (Wildman–Crippen MR) is 104 cm³/mol. The van der Waals surface area contributed by atoms with Gasteiger partial charge in [-0.3, -0.25) is 4.79 Å². The Bertz CT molecular complexity index is 378. The van der Waals surface area contributed by atoms with Crippen LogP contribution in [-0.2, 0) is 14.3 Å². The molecule has 26 heavy (non-hydrogen) atoms. The third-order valence-corrected chi connectivity index (χ3v) is 5.10. The molecule has 152 valence electrons. The Morgan fingerprint density at radius 2 is 1.35 bits per heavy atom. The maximum atomic E-state index is 12.1. The van der Waals surface area contributed by atoms with Crippen molar-refractivity contribution in [3.8, 4) is 0 Å². The van der Waals surface area contributed by atoms with Gasteiger partial charge in [-0.05, 0) is 26.2 Å². The molecule has 0 saturated carbocycles. The molecule has 0 N–H and O–H groups in total. The standard InChI is InChI=1S/C21H39NO4/c1-3-5-6-7-8-9-10-11-12-13-18-26-20(23)19-14-16-22(17-15-19)21(24)25-4-2/h19H,3-18H2,1-2H3. The number of piperidine rings is 1. The Balaban J connectivity index is 1.95. The van der Waals surface area contributed by atoms with Gasteiger partial charge in [-0.25, -0.2) is 4.79 Å². The summed E-state index contributed by atoms with van der Waals surface area (Å²) in [6, 6.07) is 0. The first-order valence-corrected chi connectivity index (χ1v) is 10.8. The SMILES string of the molecule is CCCCCCCCCCCCOC(=O)C1CCN(C(=O)OCC)CC1. The smallest absolute Gasteiger partial charge is 0.409 e. The molecule has 0 aliphatic carbocycles. The van der Waals surface area contributed by atoms with E-state index in [0.717, 1.165) is 12.8 Å². The van der Waals surface area contributed by atoms with Gasteiger partial charge in [-0.2, -0.15) is 0 Å². The first kappa shape index (κ1) is 22.8. The van der Waals surface area contributed by atoms with Crippen molar-refractivity contribution in [3.05, 3.63) is 0 Å². The van der Waals surface area contributed by atoms with E-state index in [0.29, 0.717) is 39.1 Å². The van der Waals surface area contributed by atoms with Crippen molar-refractivity contribution < 1.29 is 19.1 Å². The van der Waals surface area contributed by atoms with Crippen LogP contribution < -0.4 is 0 Å². The third-order valence-electron chi connectivity index (χ3n) is 5.10. The van der Waals surface area contributed by atoms with Crippen molar-refractivity contribution >= 4 is 12.1 Å². The molecular weight excluding hydrogens is 330 g/mol. The van der Waals surface area contributed by atoms with Crippen molar-refractivity contribution in [2.45, 2.75) is 90.9 Å². The molecule has 0 spiro atoms. The van der Waals surface area contributed by atoms with Crippen LogP contribution in [0.2, 0.25) is 0 Å². The van der Waals surface area contributed by atoms with Crippen molar-refractivity contribution in [1.29, 1.82) is 0 Å². The molecule has 0 aromatic carbocycles. The molecule has 5 nitrogen and oxygen atoms in total. The van der Waals surface area contributed by atoms with E-state index in [1.807, 2.05) is 0 Å². The second kappa shape index (κ2) is 14.9. The van der Waals surface area contributed by atoms with Gasteiger partial charge in [0.1, 0.15) is 0 Å². The van der Waals surface area contributed by atoms with E-state index in [1.54, 1.807) is 11.8 Å². The topological polar surface area (TPSA) is 55.8 Å². The fourth-order valence-electron chi connectivity index (χ4n) is 3.39. The van der Waals surface area contributed by atoms with E-state index in [2.05, 4.69) is 6.92 Å². The second-order valence-electron chi connectivity index (χ2n) is 7.31. The number of nitrogens with zero attached hydrogens (tertiary/aromatic N) is 1. The van der Waals surface area contributed by atoms with Gasteiger partial charge in [0.25, 0.3) is 0 Å². The quantitative estimate of drug-likeness (QED) is 0.326. The monoisotopic (exact) mass is 369 g/mol. The second-order valence-corrected chi connectivity index (χ2v) is 7.31. The average Bonchev–Trinajstić information content (AvgIpc) is 2.66. The van der Waals surface area contributed by atoms with E-state index in [4.69, 9.17) is 9.47 Å². The number of carbonyl (C=O) groups excluding carboxylic acids is 2. The van der Waals surface area contributed by atoms with Crippen LogP contribution in [0.25, 0.3) is 0 Å². The molecule has 1 rings (SSSR count). The van der Waals surface area contributed by atoms with Gasteiger partial charge < -0.3 is 14.4 Å². The average molecular weight is 370 g/mol. The largest absolute Gasteiger partial charge is 0.465 e. The summed E-state index contributed by atoms with van der Waals surface area (Å²) in [5.74, 6) is -0.159. The van der Waals surface area contributed by atoms with E-state index >= 15 is 0 Å². The fraction of sp³-hybridized carbons (Fsp3) is 0.905. The number of hydrogen-bond acceptors (Lipinski definition) is 4. The molecular formula is C21H39NO4. The van der Waals surface area contributed by atoms with Crippen LogP contribution in [0.15, 0.2) is 0 Å². The van der Waals surface area contributed by atoms with Gasteiger partial charge in [0.05, 0.1) is 19.1 Å². The lowest BCUT2D eigenvalue weighted by Crippen LogP contribution is -2.41. The highest BCUT2D eigenvalue weighted by Gasteiger charge is 2.28. The lowest BCUT2D eigenvalue weighted by atomic mass is 9.97. The maximum absolute atomic E-state index is 12.1. The van der Waals surface area contributed by atoms with Gasteiger partial charge in [0.15, 0.2) is 0 Å². The van der Waals surface area contributed by atoms with Gasteiger partial charge >= 0.3 is 12.1 Å². The summed E-state index contributed by atoms with van der Waals surface area (Å²) in [7, 11) is 0. The number of rotatable bonds is 13. The van der Waals surface area contributed by atoms with E-state index in [1.165, 1.54) is 51.4 Å². The van der Waals surface area contributed by atoms with Crippen LogP contribution >= 0.6 is 0 Å². The van der Waals surface area contributed by atoms with Crippen molar-refractivity contribution in [3.63, 3.8) is 0 Å². The summed E-state index contributed by atoms with van der Waals surface area (Å²) in [6.45, 7) is 6.13. The van der Waals surface area contributed by atoms with Gasteiger partial charge in [-0.1, -0.05) is 64.7 Å². The highest BCUT2D eigenvalue weighted by Crippen LogP contribution is 2.19. The van der Waals surface area contributed by atoms with Crippen LogP contribution in [0.5, 0.6) is 0 Å². The van der Waals surface area contributed by atoms with E-state index in [9.17, 15) is 9.59 Å². The molecule has 1 fully saturated rings. The minimum absolute atomic E-state index is 0.0659. The van der Waals surface area contributed by atoms with Crippen molar-refractivity contribution in [2.24, 2.45) is 5.92 Å². The molecule has 0 bridgehead atoms. The molecule has 0 atom stereocenters. The molecule has 1 amide bonds. The number of hydrogen-bond donors (Lipinski definition) is 0. The summed E-state index contributed by atoms with van der Waals surface area (Å²) in [4.78, 5) is 25.4. The molecule has 0 aromatic heterocycles. The molecule has 0 aromatic rings. The summed E-state index contributed by atoms with van der Waals surface area (Å²) in [6.07, 6.45) is 13.8. The predicted octanol–water partition coefficient (Wildman–Crippen LogP) is 5.32. The summed E-state index contributed by atoms with van der Waals surface area (Å²) >= 11 is 0. The summed E-state index contributed by atoms with van der Waals surface area (Å²) < 4.78 is 10.4. The zero-order valence-corrected chi connectivity index (χ0v) is 17.0. The van der Waals surface area contributed by atoms with Gasteiger partial charge in [0.2, 0.25) is 0 Å². The van der Waals surface area contributed by atoms with Gasteiger partial charge in [0, 0.05) is 13.1 Å². The van der Waals surface area contributed by atoms with Crippen molar-refractivity contribution in [2.75, 3.05) is 26.3 Å². The first-order chi connectivity index (χ1) is 12.7. The Hall–Kier alpha value is -1.26. The molecule has 1 aliphatic heterocycles. The van der Waals surface area contributed by atoms with Crippen LogP contribution in [0.4, 0.5) is 4.79 Å². The van der Waals surface area contributed by atoms with Crippen molar-refractivity contribution in [1.82, 2.24) is 4.90 Å². The van der Waals surface area contributed by atoms with Crippen LogP contribution in [0, 0.1) is 5.92 Å². The Morgan fingerprint density at radius 1 is 0.808 bits per heavy atom. The molecule has 0 unspecified atom stereocenters. The molecule has 5 heteroatoms. The molecule has 1 aliphatic rings. The number of amides is 1. The minimum atomic E-state index is -0.273. The Labute approximate surface area is 159 Å². The Kier molecular flexibility index (Phi) is 13.0. The fourth-order valence-corrected chi connectivity index (χ4v) is 3.39. The van der Waals surface area contributed by atoms with Crippen LogP contribution in [0.1, 0.15) is 90.9 Å². The number of likely N-dealkylation sites (tertiary alicyclic amines) is 1. The van der Waals surface area contributed by atoms with Gasteiger partial charge in [-0.15, -0.1) is 0 Å². The molecule has 0 radical (unpaired) electrons. The summed E-state index contributed by atoms with van der Waals surface area (Å²) in [5.41, 5.74) is 0. The highest BCUT2D eigenvalue weighted by molar-refractivity contribution is 5.73. The minimum Gasteiger partial charge on any atom is -0.465 e. The first-order valence-electron chi connectivity index (χ1n) is 10.8. The number of esters is 1. The number of ether oxygens (including phenoxy) is 2. The summed E-state index contributed by atoms with van der Waals surface area (Å²) in [5, 5.41) is 0.